The topological polar surface area (TPSA) is 30.5 Å². The predicted octanol–water partition coefficient (Wildman–Crippen LogP) is 1.75. The first-order valence-corrected chi connectivity index (χ1v) is 5.23. The molecule has 0 aliphatic rings. The first kappa shape index (κ1) is 12.9. The van der Waals surface area contributed by atoms with Crippen molar-refractivity contribution >= 4 is 0 Å². The minimum absolute atomic E-state index is 0.0696. The van der Waals surface area contributed by atoms with E-state index in [-0.39, 0.29) is 11.9 Å². The average Bonchev–Trinajstić information content (AvgIpc) is 2.24. The Bertz CT molecular complexity index is 325. The molecule has 1 atom stereocenters. The number of halogens is 1. The second-order valence-electron chi connectivity index (χ2n) is 3.66. The summed E-state index contributed by atoms with van der Waals surface area (Å²) in [7, 11) is 3.48. The summed E-state index contributed by atoms with van der Waals surface area (Å²) in [6.07, 6.45) is -0.0696. The summed E-state index contributed by atoms with van der Waals surface area (Å²) < 4.78 is 23.8. The van der Waals surface area contributed by atoms with Gasteiger partial charge in [-0.3, -0.25) is 0 Å². The van der Waals surface area contributed by atoms with Crippen LogP contribution >= 0.6 is 0 Å². The molecule has 0 saturated carbocycles. The molecule has 1 rings (SSSR count). The van der Waals surface area contributed by atoms with Gasteiger partial charge in [-0.1, -0.05) is 0 Å². The summed E-state index contributed by atoms with van der Waals surface area (Å²) in [6, 6.07) is 4.72. The first-order valence-electron chi connectivity index (χ1n) is 5.23. The van der Waals surface area contributed by atoms with Gasteiger partial charge in [0, 0.05) is 13.7 Å². The fourth-order valence-electron chi connectivity index (χ4n) is 1.43. The van der Waals surface area contributed by atoms with Gasteiger partial charge in [0.2, 0.25) is 0 Å². The lowest BCUT2D eigenvalue weighted by atomic mass is 10.2. The number of hydrogen-bond acceptors (Lipinski definition) is 3. The number of methoxy groups -OCH3 is 1. The molecular weight excluding hydrogens is 209 g/mol. The Balaban J connectivity index is 2.65. The lowest BCUT2D eigenvalue weighted by Gasteiger charge is -2.18. The Labute approximate surface area is 95.6 Å². The zero-order valence-corrected chi connectivity index (χ0v) is 9.92. The third kappa shape index (κ3) is 3.79. The van der Waals surface area contributed by atoms with Gasteiger partial charge in [0.05, 0.1) is 6.61 Å². The van der Waals surface area contributed by atoms with E-state index < -0.39 is 0 Å². The molecule has 90 valence electrons. The van der Waals surface area contributed by atoms with E-state index in [0.29, 0.717) is 24.5 Å². The number of likely N-dealkylation sites (N-methyl/N-ethyl adjacent to an activating group) is 1. The zero-order chi connectivity index (χ0) is 12.0. The smallest absolute Gasteiger partial charge is 0.134 e. The molecule has 0 bridgehead atoms. The highest BCUT2D eigenvalue weighted by Gasteiger charge is 2.09. The molecule has 16 heavy (non-hydrogen) atoms. The van der Waals surface area contributed by atoms with Crippen molar-refractivity contribution in [2.75, 3.05) is 27.3 Å². The van der Waals surface area contributed by atoms with Gasteiger partial charge < -0.3 is 14.8 Å². The molecule has 0 aliphatic heterocycles. The number of nitrogens with one attached hydrogen (secondary N) is 1. The molecule has 0 aliphatic carbocycles. The minimum Gasteiger partial charge on any atom is -0.487 e. The number of aryl methyl sites for hydroxylation is 1. The average molecular weight is 227 g/mol. The van der Waals surface area contributed by atoms with E-state index in [1.807, 2.05) is 7.05 Å². The molecule has 3 nitrogen and oxygen atoms in total. The Morgan fingerprint density at radius 3 is 2.75 bits per heavy atom. The van der Waals surface area contributed by atoms with E-state index in [4.69, 9.17) is 9.47 Å². The summed E-state index contributed by atoms with van der Waals surface area (Å²) in [5.41, 5.74) is 0.582. The van der Waals surface area contributed by atoms with Crippen LogP contribution in [0.4, 0.5) is 4.39 Å². The third-order valence-corrected chi connectivity index (χ3v) is 2.22. The van der Waals surface area contributed by atoms with Crippen LogP contribution in [0.2, 0.25) is 0 Å². The Kier molecular flexibility index (Phi) is 5.22. The summed E-state index contributed by atoms with van der Waals surface area (Å²) in [6.45, 7) is 2.90. The summed E-state index contributed by atoms with van der Waals surface area (Å²) in [4.78, 5) is 0. The van der Waals surface area contributed by atoms with Gasteiger partial charge in [0.1, 0.15) is 17.7 Å². The molecule has 0 aromatic heterocycles. The monoisotopic (exact) mass is 227 g/mol. The fourth-order valence-corrected chi connectivity index (χ4v) is 1.43. The van der Waals surface area contributed by atoms with Crippen molar-refractivity contribution in [2.45, 2.75) is 13.0 Å². The van der Waals surface area contributed by atoms with Gasteiger partial charge in [-0.05, 0) is 37.7 Å². The molecule has 1 N–H and O–H groups in total. The van der Waals surface area contributed by atoms with Crippen molar-refractivity contribution in [2.24, 2.45) is 0 Å². The number of rotatable bonds is 6. The van der Waals surface area contributed by atoms with Crippen LogP contribution in [0.1, 0.15) is 5.56 Å². The van der Waals surface area contributed by atoms with Crippen LogP contribution in [-0.2, 0) is 4.74 Å². The lowest BCUT2D eigenvalue weighted by molar-refractivity contribution is 0.0817. The SMILES string of the molecule is CNCC(COC)Oc1ccc(F)c(C)c1. The molecule has 4 heteroatoms. The molecule has 0 heterocycles. The van der Waals surface area contributed by atoms with E-state index in [1.54, 1.807) is 26.2 Å². The van der Waals surface area contributed by atoms with Gasteiger partial charge in [0.15, 0.2) is 0 Å². The minimum atomic E-state index is -0.218. The Hall–Kier alpha value is -1.13. The number of ether oxygens (including phenoxy) is 2. The van der Waals surface area contributed by atoms with E-state index in [0.717, 1.165) is 0 Å². The molecule has 0 spiro atoms. The second-order valence-corrected chi connectivity index (χ2v) is 3.66. The van der Waals surface area contributed by atoms with Crippen molar-refractivity contribution in [1.29, 1.82) is 0 Å². The van der Waals surface area contributed by atoms with Crippen LogP contribution in [0.5, 0.6) is 5.75 Å². The van der Waals surface area contributed by atoms with Crippen molar-refractivity contribution in [3.63, 3.8) is 0 Å². The van der Waals surface area contributed by atoms with E-state index in [9.17, 15) is 4.39 Å². The molecule has 1 aromatic carbocycles. The van der Waals surface area contributed by atoms with Gasteiger partial charge >= 0.3 is 0 Å². The highest BCUT2D eigenvalue weighted by molar-refractivity contribution is 5.29. The zero-order valence-electron chi connectivity index (χ0n) is 9.92. The van der Waals surface area contributed by atoms with E-state index >= 15 is 0 Å². The molecule has 0 amide bonds. The van der Waals surface area contributed by atoms with E-state index in [2.05, 4.69) is 5.32 Å². The molecule has 0 fully saturated rings. The van der Waals surface area contributed by atoms with Gasteiger partial charge in [-0.15, -0.1) is 0 Å². The second kappa shape index (κ2) is 6.45. The summed E-state index contributed by atoms with van der Waals surface area (Å²) >= 11 is 0. The maximum atomic E-state index is 13.0. The van der Waals surface area contributed by atoms with Crippen molar-refractivity contribution in [1.82, 2.24) is 5.32 Å². The third-order valence-electron chi connectivity index (χ3n) is 2.22. The largest absolute Gasteiger partial charge is 0.487 e. The van der Waals surface area contributed by atoms with E-state index in [1.165, 1.54) is 6.07 Å². The number of hydrogen-bond donors (Lipinski definition) is 1. The Morgan fingerprint density at radius 2 is 2.19 bits per heavy atom. The van der Waals surface area contributed by atoms with Crippen molar-refractivity contribution in [3.05, 3.63) is 29.6 Å². The van der Waals surface area contributed by atoms with Crippen LogP contribution in [0.25, 0.3) is 0 Å². The number of benzene rings is 1. The molecule has 0 saturated heterocycles. The summed E-state index contributed by atoms with van der Waals surface area (Å²) in [5.74, 6) is 0.445. The summed E-state index contributed by atoms with van der Waals surface area (Å²) in [5, 5.41) is 3.02. The lowest BCUT2D eigenvalue weighted by Crippen LogP contribution is -2.33. The van der Waals surface area contributed by atoms with Crippen LogP contribution in [-0.4, -0.2) is 33.4 Å². The molecular formula is C12H18FNO2. The maximum Gasteiger partial charge on any atom is 0.134 e. The maximum absolute atomic E-state index is 13.0. The normalized spacial score (nSPS) is 12.5. The van der Waals surface area contributed by atoms with Gasteiger partial charge in [0.25, 0.3) is 0 Å². The Morgan fingerprint density at radius 1 is 1.44 bits per heavy atom. The van der Waals surface area contributed by atoms with Crippen molar-refractivity contribution < 1.29 is 13.9 Å². The first-order chi connectivity index (χ1) is 7.67. The van der Waals surface area contributed by atoms with Crippen LogP contribution in [0.3, 0.4) is 0 Å². The fraction of sp³-hybridized carbons (Fsp3) is 0.500. The molecule has 1 aromatic rings. The highest BCUT2D eigenvalue weighted by Crippen LogP contribution is 2.17. The molecule has 0 radical (unpaired) electrons. The standard InChI is InChI=1S/C12H18FNO2/c1-9-6-10(4-5-12(9)13)16-11(7-14-2)8-15-3/h4-6,11,14H,7-8H2,1-3H3. The van der Waals surface area contributed by atoms with Gasteiger partial charge in [-0.2, -0.15) is 0 Å². The predicted molar refractivity (Wildman–Crippen MR) is 61.4 cm³/mol. The van der Waals surface area contributed by atoms with Crippen molar-refractivity contribution in [3.8, 4) is 5.75 Å². The van der Waals surface area contributed by atoms with Crippen LogP contribution in [0.15, 0.2) is 18.2 Å². The van der Waals surface area contributed by atoms with Crippen LogP contribution in [0, 0.1) is 12.7 Å². The van der Waals surface area contributed by atoms with Gasteiger partial charge in [-0.25, -0.2) is 4.39 Å². The van der Waals surface area contributed by atoms with Crippen LogP contribution < -0.4 is 10.1 Å². The quantitative estimate of drug-likeness (QED) is 0.803. The highest BCUT2D eigenvalue weighted by atomic mass is 19.1. The molecule has 1 unspecified atom stereocenters.